The van der Waals surface area contributed by atoms with Crippen molar-refractivity contribution >= 4 is 0 Å². The van der Waals surface area contributed by atoms with E-state index in [4.69, 9.17) is 0 Å². The van der Waals surface area contributed by atoms with Crippen LogP contribution in [-0.2, 0) is 12.0 Å². The van der Waals surface area contributed by atoms with Gasteiger partial charge in [0.2, 0.25) is 0 Å². The average molecular weight is 272 g/mol. The number of hydrogen-bond donors (Lipinski definition) is 1. The summed E-state index contributed by atoms with van der Waals surface area (Å²) in [4.78, 5) is 0. The van der Waals surface area contributed by atoms with Gasteiger partial charge < -0.3 is 5.11 Å². The number of rotatable bonds is 4. The molecule has 2 heteroatoms. The van der Waals surface area contributed by atoms with E-state index in [0.29, 0.717) is 12.3 Å². The second-order valence-corrected chi connectivity index (χ2v) is 5.85. The lowest BCUT2D eigenvalue weighted by molar-refractivity contribution is 0.0576. The van der Waals surface area contributed by atoms with Crippen molar-refractivity contribution in [2.45, 2.75) is 38.7 Å². The molecule has 0 aliphatic carbocycles. The fourth-order valence-corrected chi connectivity index (χ4v) is 2.33. The van der Waals surface area contributed by atoms with E-state index in [1.807, 2.05) is 12.1 Å². The van der Waals surface area contributed by atoms with E-state index >= 15 is 0 Å². The van der Waals surface area contributed by atoms with Crippen LogP contribution >= 0.6 is 0 Å². The Kier molecular flexibility index (Phi) is 4.24. The van der Waals surface area contributed by atoms with Crippen LogP contribution in [0.5, 0.6) is 0 Å². The molecule has 20 heavy (non-hydrogen) atoms. The van der Waals surface area contributed by atoms with E-state index in [-0.39, 0.29) is 5.82 Å². The van der Waals surface area contributed by atoms with Crippen molar-refractivity contribution in [3.63, 3.8) is 0 Å². The Bertz CT molecular complexity index is 553. The van der Waals surface area contributed by atoms with E-state index in [2.05, 4.69) is 26.0 Å². The minimum Gasteiger partial charge on any atom is -0.385 e. The van der Waals surface area contributed by atoms with Gasteiger partial charge in [0.1, 0.15) is 5.82 Å². The number of halogens is 1. The zero-order valence-electron chi connectivity index (χ0n) is 12.2. The van der Waals surface area contributed by atoms with Crippen molar-refractivity contribution in [2.75, 3.05) is 0 Å². The van der Waals surface area contributed by atoms with Gasteiger partial charge in [-0.2, -0.15) is 0 Å². The van der Waals surface area contributed by atoms with Crippen LogP contribution in [0.15, 0.2) is 48.5 Å². The molecule has 0 spiro atoms. The fraction of sp³-hybridized carbons (Fsp3) is 0.333. The van der Waals surface area contributed by atoms with Crippen LogP contribution in [0.1, 0.15) is 43.4 Å². The van der Waals surface area contributed by atoms with E-state index in [1.54, 1.807) is 19.1 Å². The molecule has 0 aromatic heterocycles. The minimum absolute atomic E-state index is 0.255. The maximum absolute atomic E-state index is 12.9. The molecule has 0 radical (unpaired) electrons. The summed E-state index contributed by atoms with van der Waals surface area (Å²) in [5.74, 6) is 0.223. The Hall–Kier alpha value is -1.67. The standard InChI is InChI=1S/C18H21FO/c1-13(2)15-6-8-16(9-7-15)18(3,20)12-14-4-10-17(19)11-5-14/h4-11,13,20H,12H2,1-3H3. The lowest BCUT2D eigenvalue weighted by Gasteiger charge is -2.24. The molecule has 0 fully saturated rings. The predicted molar refractivity (Wildman–Crippen MR) is 80.2 cm³/mol. The van der Waals surface area contributed by atoms with Gasteiger partial charge in [0.05, 0.1) is 5.60 Å². The minimum atomic E-state index is -0.951. The summed E-state index contributed by atoms with van der Waals surface area (Å²) in [6, 6.07) is 14.3. The van der Waals surface area contributed by atoms with E-state index in [0.717, 1.165) is 11.1 Å². The van der Waals surface area contributed by atoms with Crippen LogP contribution in [0, 0.1) is 5.82 Å². The van der Waals surface area contributed by atoms with Crippen LogP contribution in [0.3, 0.4) is 0 Å². The fourth-order valence-electron chi connectivity index (χ4n) is 2.33. The van der Waals surface area contributed by atoms with Crippen LogP contribution in [0.4, 0.5) is 4.39 Å². The molecule has 0 aliphatic heterocycles. The first-order chi connectivity index (χ1) is 9.38. The SMILES string of the molecule is CC(C)c1ccc(C(C)(O)Cc2ccc(F)cc2)cc1. The van der Waals surface area contributed by atoms with E-state index in [1.165, 1.54) is 17.7 Å². The maximum Gasteiger partial charge on any atom is 0.123 e. The highest BCUT2D eigenvalue weighted by Crippen LogP contribution is 2.27. The highest BCUT2D eigenvalue weighted by Gasteiger charge is 2.23. The maximum atomic E-state index is 12.9. The van der Waals surface area contributed by atoms with Crippen LogP contribution < -0.4 is 0 Å². The third-order valence-corrected chi connectivity index (χ3v) is 3.66. The Morgan fingerprint density at radius 3 is 2.05 bits per heavy atom. The summed E-state index contributed by atoms with van der Waals surface area (Å²) in [6.45, 7) is 6.08. The highest BCUT2D eigenvalue weighted by molar-refractivity contribution is 5.30. The molecule has 2 aromatic rings. The molecule has 2 aromatic carbocycles. The number of aliphatic hydroxyl groups is 1. The summed E-state index contributed by atoms with van der Waals surface area (Å²) >= 11 is 0. The van der Waals surface area contributed by atoms with Gasteiger partial charge in [0.15, 0.2) is 0 Å². The largest absolute Gasteiger partial charge is 0.385 e. The van der Waals surface area contributed by atoms with Gasteiger partial charge in [-0.05, 0) is 41.7 Å². The monoisotopic (exact) mass is 272 g/mol. The zero-order chi connectivity index (χ0) is 14.8. The molecular weight excluding hydrogens is 251 g/mol. The van der Waals surface area contributed by atoms with Gasteiger partial charge in [-0.25, -0.2) is 4.39 Å². The third kappa shape index (κ3) is 3.45. The molecule has 1 N–H and O–H groups in total. The van der Waals surface area contributed by atoms with Crippen LogP contribution in [-0.4, -0.2) is 5.11 Å². The van der Waals surface area contributed by atoms with Crippen molar-refractivity contribution in [3.05, 3.63) is 71.0 Å². The lowest BCUT2D eigenvalue weighted by Crippen LogP contribution is -2.24. The molecule has 0 heterocycles. The first kappa shape index (κ1) is 14.7. The molecule has 2 rings (SSSR count). The summed E-state index contributed by atoms with van der Waals surface area (Å²) in [5, 5.41) is 10.6. The Balaban J connectivity index is 2.18. The van der Waals surface area contributed by atoms with Gasteiger partial charge in [0.25, 0.3) is 0 Å². The lowest BCUT2D eigenvalue weighted by atomic mass is 9.88. The third-order valence-electron chi connectivity index (χ3n) is 3.66. The normalized spacial score (nSPS) is 14.3. The smallest absolute Gasteiger partial charge is 0.123 e. The molecule has 1 unspecified atom stereocenters. The molecule has 0 aliphatic rings. The van der Waals surface area contributed by atoms with Gasteiger partial charge in [-0.15, -0.1) is 0 Å². The molecule has 106 valence electrons. The Morgan fingerprint density at radius 2 is 1.55 bits per heavy atom. The summed E-state index contributed by atoms with van der Waals surface area (Å²) < 4.78 is 12.9. The first-order valence-corrected chi connectivity index (χ1v) is 6.96. The molecular formula is C18H21FO. The predicted octanol–water partition coefficient (Wildman–Crippen LogP) is 4.40. The second kappa shape index (κ2) is 5.76. The van der Waals surface area contributed by atoms with E-state index < -0.39 is 5.60 Å². The summed E-state index contributed by atoms with van der Waals surface area (Å²) in [6.07, 6.45) is 0.467. The van der Waals surface area contributed by atoms with Crippen molar-refractivity contribution in [1.29, 1.82) is 0 Å². The average Bonchev–Trinajstić information content (AvgIpc) is 2.41. The molecule has 0 saturated carbocycles. The number of benzene rings is 2. The molecule has 0 bridgehead atoms. The van der Waals surface area contributed by atoms with Crippen molar-refractivity contribution in [1.82, 2.24) is 0 Å². The van der Waals surface area contributed by atoms with Crippen molar-refractivity contribution < 1.29 is 9.50 Å². The van der Waals surface area contributed by atoms with E-state index in [9.17, 15) is 9.50 Å². The second-order valence-electron chi connectivity index (χ2n) is 5.85. The molecule has 0 saturated heterocycles. The first-order valence-electron chi connectivity index (χ1n) is 6.96. The molecule has 1 atom stereocenters. The highest BCUT2D eigenvalue weighted by atomic mass is 19.1. The van der Waals surface area contributed by atoms with Crippen molar-refractivity contribution in [2.24, 2.45) is 0 Å². The molecule has 1 nitrogen and oxygen atoms in total. The van der Waals surface area contributed by atoms with Crippen LogP contribution in [0.25, 0.3) is 0 Å². The van der Waals surface area contributed by atoms with Crippen molar-refractivity contribution in [3.8, 4) is 0 Å². The van der Waals surface area contributed by atoms with Gasteiger partial charge in [-0.1, -0.05) is 50.2 Å². The number of hydrogen-bond acceptors (Lipinski definition) is 1. The topological polar surface area (TPSA) is 20.2 Å². The van der Waals surface area contributed by atoms with Gasteiger partial charge in [0, 0.05) is 6.42 Å². The molecule has 0 amide bonds. The summed E-state index contributed by atoms with van der Waals surface area (Å²) in [7, 11) is 0. The Morgan fingerprint density at radius 1 is 1.00 bits per heavy atom. The van der Waals surface area contributed by atoms with Gasteiger partial charge >= 0.3 is 0 Å². The Labute approximate surface area is 120 Å². The summed E-state index contributed by atoms with van der Waals surface area (Å²) in [5.41, 5.74) is 2.11. The van der Waals surface area contributed by atoms with Gasteiger partial charge in [-0.3, -0.25) is 0 Å². The van der Waals surface area contributed by atoms with Crippen LogP contribution in [0.2, 0.25) is 0 Å². The zero-order valence-corrected chi connectivity index (χ0v) is 12.2. The quantitative estimate of drug-likeness (QED) is 0.874.